The molecule has 1 saturated heterocycles. The van der Waals surface area contributed by atoms with Crippen LogP contribution in [0.3, 0.4) is 0 Å². The fourth-order valence-electron chi connectivity index (χ4n) is 1.94. The molecule has 1 aromatic rings. The van der Waals surface area contributed by atoms with E-state index in [9.17, 15) is 13.2 Å². The fourth-order valence-corrected chi connectivity index (χ4v) is 3.68. The summed E-state index contributed by atoms with van der Waals surface area (Å²) in [5.74, 6) is -0.0392. The highest BCUT2D eigenvalue weighted by Crippen LogP contribution is 2.30. The summed E-state index contributed by atoms with van der Waals surface area (Å²) in [6, 6.07) is 3.12. The number of hydrogen-bond acceptors (Lipinski definition) is 3. The van der Waals surface area contributed by atoms with Gasteiger partial charge in [-0.15, -0.1) is 0 Å². The Labute approximate surface area is 94.5 Å². The average Bonchev–Trinajstić information content (AvgIpc) is 2.76. The van der Waals surface area contributed by atoms with Crippen molar-refractivity contribution in [2.45, 2.75) is 30.8 Å². The van der Waals surface area contributed by atoms with Crippen LogP contribution in [0.2, 0.25) is 0 Å². The highest BCUT2D eigenvalue weighted by Gasteiger charge is 2.47. The lowest BCUT2D eigenvalue weighted by molar-refractivity contribution is -0.122. The lowest BCUT2D eigenvalue weighted by Crippen LogP contribution is -2.46. The summed E-state index contributed by atoms with van der Waals surface area (Å²) in [5, 5.41) is 0.135. The number of hydrogen-bond donors (Lipinski definition) is 1. The molecule has 0 aromatic carbocycles. The standard InChI is InChI=1S/C10H14N2O3S/c1-10(2)8(13)5-7-12(10)16(14,15)9-4-3-6-11-9/h3-4,6,11H,5,7H2,1-2H3. The Morgan fingerprint density at radius 2 is 2.12 bits per heavy atom. The van der Waals surface area contributed by atoms with E-state index >= 15 is 0 Å². The van der Waals surface area contributed by atoms with E-state index in [1.54, 1.807) is 26.1 Å². The predicted octanol–water partition coefficient (Wildman–Crippen LogP) is 0.757. The number of nitrogens with one attached hydrogen (secondary N) is 1. The third-order valence-corrected chi connectivity index (χ3v) is 5.01. The van der Waals surface area contributed by atoms with Gasteiger partial charge in [0.25, 0.3) is 10.0 Å². The molecule has 0 amide bonds. The molecule has 0 atom stereocenters. The van der Waals surface area contributed by atoms with Crippen LogP contribution in [0.15, 0.2) is 23.4 Å². The van der Waals surface area contributed by atoms with Crippen molar-refractivity contribution in [3.8, 4) is 0 Å². The van der Waals surface area contributed by atoms with Crippen molar-refractivity contribution in [2.75, 3.05) is 6.54 Å². The predicted molar refractivity (Wildman–Crippen MR) is 58.4 cm³/mol. The Bertz CT molecular complexity index is 502. The number of carbonyl (C=O) groups excluding carboxylic acids is 1. The topological polar surface area (TPSA) is 70.2 Å². The van der Waals surface area contributed by atoms with E-state index in [4.69, 9.17) is 0 Å². The zero-order chi connectivity index (χ0) is 12.0. The van der Waals surface area contributed by atoms with Crippen LogP contribution in [0.4, 0.5) is 0 Å². The van der Waals surface area contributed by atoms with Crippen LogP contribution in [0, 0.1) is 0 Å². The Morgan fingerprint density at radius 3 is 2.56 bits per heavy atom. The van der Waals surface area contributed by atoms with Crippen LogP contribution in [-0.4, -0.2) is 35.6 Å². The highest BCUT2D eigenvalue weighted by atomic mass is 32.2. The van der Waals surface area contributed by atoms with Crippen LogP contribution in [-0.2, 0) is 14.8 Å². The number of carbonyl (C=O) groups is 1. The Hall–Kier alpha value is -1.14. The first-order valence-corrected chi connectivity index (χ1v) is 6.50. The van der Waals surface area contributed by atoms with Crippen molar-refractivity contribution in [1.29, 1.82) is 0 Å². The molecule has 16 heavy (non-hydrogen) atoms. The summed E-state index contributed by atoms with van der Waals surface area (Å²) < 4.78 is 25.7. The lowest BCUT2D eigenvalue weighted by Gasteiger charge is -2.28. The average molecular weight is 242 g/mol. The molecule has 1 aromatic heterocycles. The Morgan fingerprint density at radius 1 is 1.44 bits per heavy atom. The van der Waals surface area contributed by atoms with E-state index in [0.29, 0.717) is 0 Å². The summed E-state index contributed by atoms with van der Waals surface area (Å²) >= 11 is 0. The van der Waals surface area contributed by atoms with E-state index < -0.39 is 15.6 Å². The second kappa shape index (κ2) is 3.43. The van der Waals surface area contributed by atoms with E-state index in [1.165, 1.54) is 10.4 Å². The van der Waals surface area contributed by atoms with E-state index in [2.05, 4.69) is 4.98 Å². The van der Waals surface area contributed by atoms with Gasteiger partial charge in [0.2, 0.25) is 0 Å². The minimum absolute atomic E-state index is 0.0392. The van der Waals surface area contributed by atoms with Gasteiger partial charge in [-0.1, -0.05) is 0 Å². The van der Waals surface area contributed by atoms with Gasteiger partial charge in [0.1, 0.15) is 5.03 Å². The van der Waals surface area contributed by atoms with Crippen molar-refractivity contribution in [3.63, 3.8) is 0 Å². The molecule has 2 heterocycles. The van der Waals surface area contributed by atoms with Crippen LogP contribution in [0.1, 0.15) is 20.3 Å². The molecule has 1 aliphatic heterocycles. The number of H-pyrrole nitrogens is 1. The number of sulfonamides is 1. The SMILES string of the molecule is CC1(C)C(=O)CCN1S(=O)(=O)c1ccc[nH]1. The molecule has 1 fully saturated rings. The molecule has 5 nitrogen and oxygen atoms in total. The zero-order valence-corrected chi connectivity index (χ0v) is 10.0. The summed E-state index contributed by atoms with van der Waals surface area (Å²) in [6.45, 7) is 3.54. The fraction of sp³-hybridized carbons (Fsp3) is 0.500. The van der Waals surface area contributed by atoms with Crippen molar-refractivity contribution >= 4 is 15.8 Å². The second-order valence-electron chi connectivity index (χ2n) is 4.34. The van der Waals surface area contributed by atoms with E-state index in [-0.39, 0.29) is 23.8 Å². The van der Waals surface area contributed by atoms with Gasteiger partial charge in [0, 0.05) is 19.2 Å². The molecular weight excluding hydrogens is 228 g/mol. The molecule has 1 N–H and O–H groups in total. The minimum Gasteiger partial charge on any atom is -0.351 e. The number of ketones is 1. The van der Waals surface area contributed by atoms with Crippen LogP contribution in [0.5, 0.6) is 0 Å². The maximum absolute atomic E-state index is 12.2. The van der Waals surface area contributed by atoms with Crippen LogP contribution in [0.25, 0.3) is 0 Å². The quantitative estimate of drug-likeness (QED) is 0.832. The molecular formula is C10H14N2O3S. The lowest BCUT2D eigenvalue weighted by atomic mass is 10.0. The summed E-state index contributed by atoms with van der Waals surface area (Å²) in [6.07, 6.45) is 1.84. The van der Waals surface area contributed by atoms with Gasteiger partial charge in [0.15, 0.2) is 5.78 Å². The molecule has 2 rings (SSSR count). The van der Waals surface area contributed by atoms with Gasteiger partial charge in [-0.2, -0.15) is 4.31 Å². The Balaban J connectivity index is 2.44. The maximum atomic E-state index is 12.2. The monoisotopic (exact) mass is 242 g/mol. The molecule has 1 aliphatic rings. The molecule has 0 bridgehead atoms. The third kappa shape index (κ3) is 1.49. The van der Waals surface area contributed by atoms with Gasteiger partial charge >= 0.3 is 0 Å². The van der Waals surface area contributed by atoms with Gasteiger partial charge in [-0.3, -0.25) is 4.79 Å². The normalized spacial score (nSPS) is 21.5. The number of aromatic nitrogens is 1. The van der Waals surface area contributed by atoms with Gasteiger partial charge < -0.3 is 4.98 Å². The second-order valence-corrected chi connectivity index (χ2v) is 6.17. The van der Waals surface area contributed by atoms with Crippen molar-refractivity contribution in [2.24, 2.45) is 0 Å². The van der Waals surface area contributed by atoms with Crippen molar-refractivity contribution < 1.29 is 13.2 Å². The number of Topliss-reactive ketones (excluding diaryl/α,β-unsaturated/α-hetero) is 1. The van der Waals surface area contributed by atoms with Gasteiger partial charge in [0.05, 0.1) is 5.54 Å². The summed E-state index contributed by atoms with van der Waals surface area (Å²) in [4.78, 5) is 14.3. The van der Waals surface area contributed by atoms with Crippen molar-refractivity contribution in [1.82, 2.24) is 9.29 Å². The first-order valence-electron chi connectivity index (χ1n) is 5.06. The third-order valence-electron chi connectivity index (χ3n) is 2.99. The molecule has 0 radical (unpaired) electrons. The maximum Gasteiger partial charge on any atom is 0.259 e. The molecule has 0 aliphatic carbocycles. The van der Waals surface area contributed by atoms with Crippen LogP contribution >= 0.6 is 0 Å². The molecule has 6 heteroatoms. The van der Waals surface area contributed by atoms with E-state index in [0.717, 1.165) is 0 Å². The number of nitrogens with zero attached hydrogens (tertiary/aromatic N) is 1. The summed E-state index contributed by atoms with van der Waals surface area (Å²) in [7, 11) is -3.58. The first-order chi connectivity index (χ1) is 7.37. The molecule has 0 unspecified atom stereocenters. The molecule has 0 spiro atoms. The zero-order valence-electron chi connectivity index (χ0n) is 9.23. The van der Waals surface area contributed by atoms with Crippen molar-refractivity contribution in [3.05, 3.63) is 18.3 Å². The number of aromatic amines is 1. The largest absolute Gasteiger partial charge is 0.351 e. The first kappa shape index (κ1) is 11.3. The molecule has 0 saturated carbocycles. The minimum atomic E-state index is -3.58. The highest BCUT2D eigenvalue weighted by molar-refractivity contribution is 7.89. The number of rotatable bonds is 2. The summed E-state index contributed by atoms with van der Waals surface area (Å²) in [5.41, 5.74) is -0.941. The van der Waals surface area contributed by atoms with Gasteiger partial charge in [-0.25, -0.2) is 8.42 Å². The van der Waals surface area contributed by atoms with Gasteiger partial charge in [-0.05, 0) is 26.0 Å². The van der Waals surface area contributed by atoms with Crippen LogP contribution < -0.4 is 0 Å². The molecule has 88 valence electrons. The smallest absolute Gasteiger partial charge is 0.259 e. The van der Waals surface area contributed by atoms with E-state index in [1.807, 2.05) is 0 Å². The Kier molecular flexibility index (Phi) is 2.43.